The second-order valence-corrected chi connectivity index (χ2v) is 13.7. The first kappa shape index (κ1) is 16.9. The van der Waals surface area contributed by atoms with E-state index in [4.69, 9.17) is 0 Å². The molecule has 0 N–H and O–H groups in total. The summed E-state index contributed by atoms with van der Waals surface area (Å²) < 4.78 is 3.18. The molecule has 3 aromatic rings. The van der Waals surface area contributed by atoms with E-state index >= 15 is 0 Å². The molecule has 1 aliphatic rings. The first-order chi connectivity index (χ1) is 11.8. The molecule has 0 aromatic heterocycles. The quantitative estimate of drug-likeness (QED) is 0.446. The second-order valence-electron chi connectivity index (χ2n) is 5.95. The van der Waals surface area contributed by atoms with Gasteiger partial charge in [-0.3, -0.25) is 0 Å². The summed E-state index contributed by atoms with van der Waals surface area (Å²) in [6.07, 6.45) is 5.31. The fourth-order valence-electron chi connectivity index (χ4n) is 2.83. The van der Waals surface area contributed by atoms with Crippen molar-refractivity contribution >= 4 is 17.8 Å². The molecular weight excluding hydrogens is 477 g/mol. The summed E-state index contributed by atoms with van der Waals surface area (Å²) in [5, 5.41) is 0. The van der Waals surface area contributed by atoms with E-state index < -0.39 is 24.6 Å². The van der Waals surface area contributed by atoms with Gasteiger partial charge in [0.25, 0.3) is 0 Å². The zero-order valence-electron chi connectivity index (χ0n) is 13.9. The van der Waals surface area contributed by atoms with Crippen LogP contribution in [-0.4, -0.2) is 0 Å². The maximum atomic E-state index is 4.00. The summed E-state index contributed by atoms with van der Waals surface area (Å²) >= 11 is -0.992. The fraction of sp³-hybridized carbons (Fsp3) is 0.0435. The monoisotopic (exact) mass is 498 g/mol. The molecular formula is C23H20Hg. The predicted octanol–water partition coefficient (Wildman–Crippen LogP) is 4.84. The van der Waals surface area contributed by atoms with Gasteiger partial charge in [0.2, 0.25) is 0 Å². The van der Waals surface area contributed by atoms with Gasteiger partial charge in [0.1, 0.15) is 0 Å². The molecule has 114 valence electrons. The van der Waals surface area contributed by atoms with Crippen LogP contribution in [0.2, 0.25) is 0 Å². The number of benzene rings is 3. The Kier molecular flexibility index (Phi) is 6.20. The Morgan fingerprint density at radius 1 is 0.667 bits per heavy atom. The molecule has 0 saturated heterocycles. The normalized spacial score (nSPS) is 11.8. The first-order valence-corrected chi connectivity index (χ1v) is 13.8. The molecule has 0 heterocycles. The topological polar surface area (TPSA) is 0 Å². The van der Waals surface area contributed by atoms with E-state index in [1.54, 1.807) is 6.14 Å². The van der Waals surface area contributed by atoms with Gasteiger partial charge in [0.05, 0.1) is 0 Å². The Labute approximate surface area is 157 Å². The molecule has 1 aliphatic carbocycles. The average Bonchev–Trinajstić information content (AvgIpc) is 2.65. The average molecular weight is 497 g/mol. The van der Waals surface area contributed by atoms with Crippen LogP contribution in [0.3, 0.4) is 0 Å². The summed E-state index contributed by atoms with van der Waals surface area (Å²) in [5.41, 5.74) is 3.82. The molecule has 0 atom stereocenters. The van der Waals surface area contributed by atoms with Gasteiger partial charge in [-0.25, -0.2) is 0 Å². The Morgan fingerprint density at radius 2 is 1.21 bits per heavy atom. The number of rotatable bonds is 2. The standard InChI is InChI=1S/C11H10.2C6H5.Hg/c1-9-5-4-7-10-6-2-3-8-11(9)10;2*1-2-4-6-5-3-1;/h2-4,6-8H,1,5H2;2*1-5H;. The van der Waals surface area contributed by atoms with Crippen molar-refractivity contribution in [3.05, 3.63) is 109 Å². The molecule has 0 aliphatic heterocycles. The molecule has 0 nitrogen and oxygen atoms in total. The molecule has 24 heavy (non-hydrogen) atoms. The third kappa shape index (κ3) is 4.78. The van der Waals surface area contributed by atoms with Gasteiger partial charge in [-0.2, -0.15) is 0 Å². The van der Waals surface area contributed by atoms with Crippen molar-refractivity contribution in [1.29, 1.82) is 0 Å². The number of hydrogen-bond donors (Lipinski definition) is 0. The maximum absolute atomic E-state index is 4.00. The van der Waals surface area contributed by atoms with Crippen molar-refractivity contribution in [2.45, 2.75) is 6.42 Å². The van der Waals surface area contributed by atoms with Crippen LogP contribution < -0.4 is 6.14 Å². The number of fused-ring (bicyclic) bond motifs is 1. The summed E-state index contributed by atoms with van der Waals surface area (Å²) in [5.74, 6) is 0. The third-order valence-electron chi connectivity index (χ3n) is 4.10. The van der Waals surface area contributed by atoms with Crippen LogP contribution in [0.15, 0.2) is 97.6 Å². The van der Waals surface area contributed by atoms with Gasteiger partial charge in [-0.05, 0) is 23.1 Å². The minimum absolute atomic E-state index is 0.992. The van der Waals surface area contributed by atoms with Crippen LogP contribution in [0.4, 0.5) is 0 Å². The van der Waals surface area contributed by atoms with Crippen LogP contribution in [0.1, 0.15) is 17.5 Å². The first-order valence-electron chi connectivity index (χ1n) is 8.34. The Balaban J connectivity index is 0.000000143. The van der Waals surface area contributed by atoms with Crippen LogP contribution in [0.25, 0.3) is 11.6 Å². The van der Waals surface area contributed by atoms with Crippen molar-refractivity contribution in [2.24, 2.45) is 0 Å². The number of allylic oxidation sites excluding steroid dienone is 2. The van der Waals surface area contributed by atoms with Gasteiger partial charge in [-0.15, -0.1) is 0 Å². The van der Waals surface area contributed by atoms with Gasteiger partial charge in [0.15, 0.2) is 0 Å². The summed E-state index contributed by atoms with van der Waals surface area (Å²) in [6, 6.07) is 30.1. The van der Waals surface area contributed by atoms with Crippen molar-refractivity contribution in [3.63, 3.8) is 0 Å². The third-order valence-corrected chi connectivity index (χ3v) is 10.9. The summed E-state index contributed by atoms with van der Waals surface area (Å²) in [7, 11) is 0. The van der Waals surface area contributed by atoms with E-state index in [1.807, 2.05) is 0 Å². The van der Waals surface area contributed by atoms with E-state index in [1.165, 1.54) is 16.7 Å². The fourth-order valence-corrected chi connectivity index (χ4v) is 8.61. The zero-order chi connectivity index (χ0) is 16.6. The molecule has 0 amide bonds. The van der Waals surface area contributed by atoms with Crippen molar-refractivity contribution in [3.8, 4) is 0 Å². The molecule has 4 rings (SSSR count). The molecule has 0 unspecified atom stereocenters. The Hall–Kier alpha value is -1.92. The molecule has 0 radical (unpaired) electrons. The predicted molar refractivity (Wildman–Crippen MR) is 101 cm³/mol. The SMILES string of the molecule is C=C1CC=Cc2ccccc21.c1cc[c]([Hg][c]2ccccc2)cc1. The molecule has 0 fully saturated rings. The summed E-state index contributed by atoms with van der Waals surface area (Å²) in [4.78, 5) is 0. The van der Waals surface area contributed by atoms with E-state index in [9.17, 15) is 0 Å². The van der Waals surface area contributed by atoms with Crippen LogP contribution >= 0.6 is 0 Å². The molecule has 3 aromatic carbocycles. The van der Waals surface area contributed by atoms with E-state index in [2.05, 4.69) is 104 Å². The van der Waals surface area contributed by atoms with Crippen molar-refractivity contribution in [2.75, 3.05) is 0 Å². The van der Waals surface area contributed by atoms with E-state index in [0.29, 0.717) is 0 Å². The van der Waals surface area contributed by atoms with E-state index in [-0.39, 0.29) is 0 Å². The van der Waals surface area contributed by atoms with Crippen molar-refractivity contribution < 1.29 is 24.6 Å². The van der Waals surface area contributed by atoms with Crippen molar-refractivity contribution in [1.82, 2.24) is 0 Å². The van der Waals surface area contributed by atoms with Crippen LogP contribution in [0, 0.1) is 0 Å². The Bertz CT molecular complexity index is 779. The Morgan fingerprint density at radius 3 is 1.79 bits per heavy atom. The van der Waals surface area contributed by atoms with Gasteiger partial charge in [-0.1, -0.05) is 43.0 Å². The number of hydrogen-bond acceptors (Lipinski definition) is 0. The van der Waals surface area contributed by atoms with Crippen LogP contribution in [0.5, 0.6) is 0 Å². The van der Waals surface area contributed by atoms with Crippen LogP contribution in [-0.2, 0) is 24.6 Å². The molecule has 0 spiro atoms. The second kappa shape index (κ2) is 8.80. The zero-order valence-corrected chi connectivity index (χ0v) is 19.4. The minimum atomic E-state index is -0.992. The summed E-state index contributed by atoms with van der Waals surface area (Å²) in [6.45, 7) is 4.00. The van der Waals surface area contributed by atoms with Gasteiger partial charge in [0, 0.05) is 0 Å². The van der Waals surface area contributed by atoms with E-state index in [0.717, 1.165) is 6.42 Å². The molecule has 1 heteroatoms. The van der Waals surface area contributed by atoms with Gasteiger partial charge < -0.3 is 0 Å². The molecule has 0 bridgehead atoms. The molecule has 0 saturated carbocycles. The van der Waals surface area contributed by atoms with Gasteiger partial charge >= 0.3 is 91.4 Å².